The topological polar surface area (TPSA) is 117 Å². The Morgan fingerprint density at radius 3 is 2.67 bits per heavy atom. The molecule has 18 heavy (non-hydrogen) atoms. The van der Waals surface area contributed by atoms with Crippen molar-refractivity contribution in [3.63, 3.8) is 0 Å². The third kappa shape index (κ3) is 2.73. The van der Waals surface area contributed by atoms with Crippen LogP contribution in [0.25, 0.3) is 0 Å². The molecule has 1 aromatic rings. The highest BCUT2D eigenvalue weighted by molar-refractivity contribution is 5.70. The Bertz CT molecular complexity index is 553. The number of nitrogens with zero attached hydrogens (tertiary/aromatic N) is 3. The molecule has 94 valence electrons. The minimum atomic E-state index is -3.20. The Kier molecular flexibility index (Phi) is 3.83. The van der Waals surface area contributed by atoms with Gasteiger partial charge in [-0.25, -0.2) is 13.8 Å². The van der Waals surface area contributed by atoms with Gasteiger partial charge in [-0.2, -0.15) is 5.26 Å². The van der Waals surface area contributed by atoms with E-state index < -0.39 is 40.7 Å². The van der Waals surface area contributed by atoms with Gasteiger partial charge >= 0.3 is 11.7 Å². The summed E-state index contributed by atoms with van der Waals surface area (Å²) in [7, 11) is 0. The van der Waals surface area contributed by atoms with E-state index in [0.717, 1.165) is 0 Å². The molecule has 1 aromatic heterocycles. The first-order valence-corrected chi connectivity index (χ1v) is 4.45. The number of nitriles is 1. The van der Waals surface area contributed by atoms with Crippen LogP contribution in [0.15, 0.2) is 6.07 Å². The van der Waals surface area contributed by atoms with E-state index in [0.29, 0.717) is 6.07 Å². The number of hydrogen-bond acceptors (Lipinski definition) is 5. The Hall–Kier alpha value is -2.63. The van der Waals surface area contributed by atoms with E-state index in [4.69, 9.17) is 10.4 Å². The predicted octanol–water partition coefficient (Wildman–Crippen LogP) is 1.43. The van der Waals surface area contributed by atoms with E-state index in [-0.39, 0.29) is 5.69 Å². The number of hydrogen-bond donors (Lipinski definition) is 1. The molecule has 0 aromatic carbocycles. The molecule has 1 rings (SSSR count). The number of nitro groups is 1. The van der Waals surface area contributed by atoms with Crippen LogP contribution < -0.4 is 0 Å². The molecule has 0 radical (unpaired) electrons. The SMILES string of the molecule is N#Cc1nc(CC(=O)O)cc(C(F)F)c1[N+](=O)[O-]. The maximum absolute atomic E-state index is 12.6. The van der Waals surface area contributed by atoms with Crippen molar-refractivity contribution in [2.24, 2.45) is 0 Å². The summed E-state index contributed by atoms with van der Waals surface area (Å²) < 4.78 is 25.3. The first kappa shape index (κ1) is 13.4. The molecule has 0 saturated carbocycles. The smallest absolute Gasteiger partial charge is 0.314 e. The molecule has 1 heterocycles. The Labute approximate surface area is 98.4 Å². The van der Waals surface area contributed by atoms with Crippen molar-refractivity contribution in [2.75, 3.05) is 0 Å². The van der Waals surface area contributed by atoms with E-state index in [2.05, 4.69) is 4.98 Å². The van der Waals surface area contributed by atoms with E-state index in [1.54, 1.807) is 0 Å². The van der Waals surface area contributed by atoms with E-state index in [1.165, 1.54) is 6.07 Å². The molecular formula is C9H5F2N3O4. The molecule has 0 aliphatic heterocycles. The van der Waals surface area contributed by atoms with Crippen molar-refractivity contribution in [1.82, 2.24) is 4.98 Å². The van der Waals surface area contributed by atoms with Crippen LogP contribution in [0, 0.1) is 21.4 Å². The molecule has 7 nitrogen and oxygen atoms in total. The van der Waals surface area contributed by atoms with Crippen LogP contribution in [0.3, 0.4) is 0 Å². The highest BCUT2D eigenvalue weighted by Crippen LogP contribution is 2.31. The van der Waals surface area contributed by atoms with Gasteiger partial charge in [-0.05, 0) is 6.07 Å². The molecule has 0 aliphatic rings. The van der Waals surface area contributed by atoms with Crippen LogP contribution in [-0.4, -0.2) is 21.0 Å². The predicted molar refractivity (Wildman–Crippen MR) is 51.9 cm³/mol. The highest BCUT2D eigenvalue weighted by atomic mass is 19.3. The van der Waals surface area contributed by atoms with Crippen LogP contribution in [0.2, 0.25) is 0 Å². The van der Waals surface area contributed by atoms with Crippen molar-refractivity contribution in [1.29, 1.82) is 5.26 Å². The average Bonchev–Trinajstić information content (AvgIpc) is 2.26. The lowest BCUT2D eigenvalue weighted by atomic mass is 10.1. The first-order chi connectivity index (χ1) is 8.36. The molecular weight excluding hydrogens is 252 g/mol. The van der Waals surface area contributed by atoms with E-state index in [9.17, 15) is 23.7 Å². The van der Waals surface area contributed by atoms with Crippen LogP contribution in [0.1, 0.15) is 23.4 Å². The van der Waals surface area contributed by atoms with Gasteiger partial charge in [0.2, 0.25) is 5.69 Å². The lowest BCUT2D eigenvalue weighted by molar-refractivity contribution is -0.386. The van der Waals surface area contributed by atoms with Crippen LogP contribution >= 0.6 is 0 Å². The molecule has 0 fully saturated rings. The summed E-state index contributed by atoms with van der Waals surface area (Å²) in [6.07, 6.45) is -3.90. The summed E-state index contributed by atoms with van der Waals surface area (Å²) in [5.41, 5.74) is -3.27. The van der Waals surface area contributed by atoms with Gasteiger partial charge in [0.1, 0.15) is 11.6 Å². The van der Waals surface area contributed by atoms with Gasteiger partial charge in [-0.15, -0.1) is 0 Å². The lowest BCUT2D eigenvalue weighted by Crippen LogP contribution is -2.08. The van der Waals surface area contributed by atoms with Crippen LogP contribution in [-0.2, 0) is 11.2 Å². The fourth-order valence-corrected chi connectivity index (χ4v) is 1.30. The molecule has 0 amide bonds. The number of carboxylic acids is 1. The minimum absolute atomic E-state index is 0.333. The fraction of sp³-hybridized carbons (Fsp3) is 0.222. The van der Waals surface area contributed by atoms with Crippen molar-refractivity contribution >= 4 is 11.7 Å². The summed E-state index contributed by atoms with van der Waals surface area (Å²) in [4.78, 5) is 23.3. The molecule has 0 bridgehead atoms. The molecule has 0 aliphatic carbocycles. The van der Waals surface area contributed by atoms with Crippen molar-refractivity contribution < 1.29 is 23.6 Å². The normalized spacial score (nSPS) is 10.1. The van der Waals surface area contributed by atoms with Gasteiger partial charge in [-0.1, -0.05) is 0 Å². The quantitative estimate of drug-likeness (QED) is 0.643. The zero-order valence-corrected chi connectivity index (χ0v) is 8.63. The fourth-order valence-electron chi connectivity index (χ4n) is 1.30. The van der Waals surface area contributed by atoms with Crippen molar-refractivity contribution in [2.45, 2.75) is 12.8 Å². The molecule has 0 unspecified atom stereocenters. The highest BCUT2D eigenvalue weighted by Gasteiger charge is 2.28. The van der Waals surface area contributed by atoms with Crippen molar-refractivity contribution in [3.05, 3.63) is 33.1 Å². The van der Waals surface area contributed by atoms with Gasteiger partial charge in [0, 0.05) is 0 Å². The largest absolute Gasteiger partial charge is 0.481 e. The van der Waals surface area contributed by atoms with E-state index >= 15 is 0 Å². The third-order valence-corrected chi connectivity index (χ3v) is 1.93. The van der Waals surface area contributed by atoms with Gasteiger partial charge < -0.3 is 5.11 Å². The zero-order chi connectivity index (χ0) is 13.9. The number of aliphatic carboxylic acids is 1. The lowest BCUT2D eigenvalue weighted by Gasteiger charge is -2.05. The second kappa shape index (κ2) is 5.13. The van der Waals surface area contributed by atoms with Gasteiger partial charge in [0.15, 0.2) is 0 Å². The number of halogens is 2. The molecule has 1 N–H and O–H groups in total. The Morgan fingerprint density at radius 2 is 2.28 bits per heavy atom. The number of carboxylic acid groups (broad SMARTS) is 1. The number of carbonyl (C=O) groups is 1. The van der Waals surface area contributed by atoms with Gasteiger partial charge in [-0.3, -0.25) is 14.9 Å². The molecule has 0 atom stereocenters. The zero-order valence-electron chi connectivity index (χ0n) is 8.63. The second-order valence-electron chi connectivity index (χ2n) is 3.14. The van der Waals surface area contributed by atoms with E-state index in [1.807, 2.05) is 0 Å². The summed E-state index contributed by atoms with van der Waals surface area (Å²) >= 11 is 0. The number of rotatable bonds is 4. The second-order valence-corrected chi connectivity index (χ2v) is 3.14. The summed E-state index contributed by atoms with van der Waals surface area (Å²) in [5.74, 6) is -1.35. The molecule has 9 heteroatoms. The first-order valence-electron chi connectivity index (χ1n) is 4.45. The molecule has 0 spiro atoms. The van der Waals surface area contributed by atoms with Gasteiger partial charge in [0.05, 0.1) is 17.0 Å². The number of pyridine rings is 1. The maximum atomic E-state index is 12.6. The Balaban J connectivity index is 3.49. The third-order valence-electron chi connectivity index (χ3n) is 1.93. The Morgan fingerprint density at radius 1 is 1.67 bits per heavy atom. The van der Waals surface area contributed by atoms with Crippen molar-refractivity contribution in [3.8, 4) is 6.07 Å². The summed E-state index contributed by atoms with van der Waals surface area (Å²) in [6.45, 7) is 0. The number of aromatic nitrogens is 1. The maximum Gasteiger partial charge on any atom is 0.314 e. The standard InChI is InChI=1S/C9H5F2N3O4/c10-9(11)5-1-4(2-7(15)16)13-6(3-12)8(5)14(17)18/h1,9H,2H2,(H,15,16). The monoisotopic (exact) mass is 257 g/mol. The number of alkyl halides is 2. The summed E-state index contributed by atoms with van der Waals surface area (Å²) in [6, 6.07) is 1.93. The summed E-state index contributed by atoms with van der Waals surface area (Å²) in [5, 5.41) is 27.7. The minimum Gasteiger partial charge on any atom is -0.481 e. The van der Waals surface area contributed by atoms with Gasteiger partial charge in [0.25, 0.3) is 6.43 Å². The van der Waals surface area contributed by atoms with Crippen LogP contribution in [0.4, 0.5) is 14.5 Å². The van der Waals surface area contributed by atoms with Crippen LogP contribution in [0.5, 0.6) is 0 Å². The molecule has 0 saturated heterocycles. The average molecular weight is 257 g/mol.